The van der Waals surface area contributed by atoms with E-state index in [-0.39, 0.29) is 5.78 Å². The fraction of sp³-hybridized carbons (Fsp3) is 0.462. The molecule has 16 heavy (non-hydrogen) atoms. The molecule has 0 radical (unpaired) electrons. The molecule has 0 spiro atoms. The fourth-order valence-electron chi connectivity index (χ4n) is 1.71. The quantitative estimate of drug-likeness (QED) is 0.680. The molecular formula is C13H16Cl2O. The van der Waals surface area contributed by atoms with Crippen LogP contribution < -0.4 is 0 Å². The molecule has 1 aromatic carbocycles. The van der Waals surface area contributed by atoms with Crippen LogP contribution in [0, 0.1) is 5.92 Å². The Morgan fingerprint density at radius 1 is 1.19 bits per heavy atom. The van der Waals surface area contributed by atoms with Gasteiger partial charge in [-0.1, -0.05) is 56.0 Å². The first kappa shape index (κ1) is 13.5. The van der Waals surface area contributed by atoms with Crippen LogP contribution in [0.2, 0.25) is 10.0 Å². The van der Waals surface area contributed by atoms with Crippen LogP contribution in [0.25, 0.3) is 0 Å². The smallest absolute Gasteiger partial charge is 0.166 e. The van der Waals surface area contributed by atoms with Crippen LogP contribution in [-0.2, 0) is 0 Å². The van der Waals surface area contributed by atoms with Crippen LogP contribution in [0.1, 0.15) is 43.5 Å². The third-order valence-electron chi connectivity index (χ3n) is 2.87. The van der Waals surface area contributed by atoms with Gasteiger partial charge in [0.25, 0.3) is 0 Å². The van der Waals surface area contributed by atoms with E-state index in [1.54, 1.807) is 18.2 Å². The Hall–Kier alpha value is -0.530. The van der Waals surface area contributed by atoms with Gasteiger partial charge in [0.1, 0.15) is 0 Å². The summed E-state index contributed by atoms with van der Waals surface area (Å²) < 4.78 is 0. The van der Waals surface area contributed by atoms with E-state index in [0.717, 1.165) is 12.8 Å². The average Bonchev–Trinajstić information content (AvgIpc) is 2.25. The number of carbonyl (C=O) groups is 1. The van der Waals surface area contributed by atoms with Gasteiger partial charge in [-0.05, 0) is 18.1 Å². The molecule has 0 aliphatic rings. The molecule has 0 fully saturated rings. The van der Waals surface area contributed by atoms with Crippen molar-refractivity contribution < 1.29 is 4.79 Å². The van der Waals surface area contributed by atoms with Crippen molar-refractivity contribution in [3.05, 3.63) is 33.8 Å². The van der Waals surface area contributed by atoms with Crippen LogP contribution in [0.15, 0.2) is 18.2 Å². The Labute approximate surface area is 107 Å². The lowest BCUT2D eigenvalue weighted by Crippen LogP contribution is -2.08. The van der Waals surface area contributed by atoms with Crippen molar-refractivity contribution in [1.82, 2.24) is 0 Å². The van der Waals surface area contributed by atoms with Crippen LogP contribution in [0.3, 0.4) is 0 Å². The lowest BCUT2D eigenvalue weighted by molar-refractivity contribution is 0.0959. The van der Waals surface area contributed by atoms with Crippen LogP contribution in [0.5, 0.6) is 0 Å². The summed E-state index contributed by atoms with van der Waals surface area (Å²) in [5.74, 6) is 0.462. The maximum Gasteiger partial charge on any atom is 0.166 e. The second kappa shape index (κ2) is 6.27. The SMILES string of the molecule is CCC(CC)CC(=O)c1c(Cl)cccc1Cl. The van der Waals surface area contributed by atoms with E-state index in [4.69, 9.17) is 23.2 Å². The van der Waals surface area contributed by atoms with Crippen molar-refractivity contribution in [2.24, 2.45) is 5.92 Å². The summed E-state index contributed by atoms with van der Waals surface area (Å²) >= 11 is 12.0. The molecule has 0 heterocycles. The summed E-state index contributed by atoms with van der Waals surface area (Å²) in [7, 11) is 0. The van der Waals surface area contributed by atoms with Crippen molar-refractivity contribution >= 4 is 29.0 Å². The summed E-state index contributed by atoms with van der Waals surface area (Å²) in [4.78, 5) is 12.0. The highest BCUT2D eigenvalue weighted by Gasteiger charge is 2.17. The van der Waals surface area contributed by atoms with Gasteiger partial charge in [0.15, 0.2) is 5.78 Å². The monoisotopic (exact) mass is 258 g/mol. The van der Waals surface area contributed by atoms with E-state index in [0.29, 0.717) is 27.9 Å². The Bertz CT molecular complexity index is 350. The van der Waals surface area contributed by atoms with Crippen LogP contribution in [0.4, 0.5) is 0 Å². The number of rotatable bonds is 5. The van der Waals surface area contributed by atoms with E-state index in [1.165, 1.54) is 0 Å². The lowest BCUT2D eigenvalue weighted by atomic mass is 9.94. The summed E-state index contributed by atoms with van der Waals surface area (Å²) in [6.07, 6.45) is 2.53. The zero-order valence-corrected chi connectivity index (χ0v) is 11.1. The summed E-state index contributed by atoms with van der Waals surface area (Å²) in [6, 6.07) is 5.15. The average molecular weight is 259 g/mol. The van der Waals surface area contributed by atoms with Crippen molar-refractivity contribution in [2.45, 2.75) is 33.1 Å². The van der Waals surface area contributed by atoms with Crippen molar-refractivity contribution in [3.8, 4) is 0 Å². The zero-order valence-electron chi connectivity index (χ0n) is 9.59. The number of carbonyl (C=O) groups excluding carboxylic acids is 1. The minimum absolute atomic E-state index is 0.0456. The number of Topliss-reactive ketones (excluding diaryl/α,β-unsaturated/α-hetero) is 1. The number of benzene rings is 1. The topological polar surface area (TPSA) is 17.1 Å². The molecule has 0 N–H and O–H groups in total. The summed E-state index contributed by atoms with van der Waals surface area (Å²) in [6.45, 7) is 4.19. The Morgan fingerprint density at radius 2 is 1.69 bits per heavy atom. The third kappa shape index (κ3) is 3.23. The van der Waals surface area contributed by atoms with Gasteiger partial charge >= 0.3 is 0 Å². The number of hydrogen-bond donors (Lipinski definition) is 0. The predicted molar refractivity (Wildman–Crippen MR) is 69.5 cm³/mol. The first-order valence-corrected chi connectivity index (χ1v) is 6.32. The second-order valence-electron chi connectivity index (χ2n) is 3.91. The molecule has 0 bridgehead atoms. The van der Waals surface area contributed by atoms with E-state index < -0.39 is 0 Å². The predicted octanol–water partition coefficient (Wildman–Crippen LogP) is 5.00. The second-order valence-corrected chi connectivity index (χ2v) is 4.72. The first-order valence-electron chi connectivity index (χ1n) is 5.57. The highest BCUT2D eigenvalue weighted by molar-refractivity contribution is 6.39. The Morgan fingerprint density at radius 3 is 2.12 bits per heavy atom. The highest BCUT2D eigenvalue weighted by atomic mass is 35.5. The van der Waals surface area contributed by atoms with E-state index in [1.807, 2.05) is 0 Å². The van der Waals surface area contributed by atoms with Gasteiger partial charge in [0.05, 0.1) is 15.6 Å². The Kier molecular flexibility index (Phi) is 5.30. The van der Waals surface area contributed by atoms with Crippen molar-refractivity contribution in [2.75, 3.05) is 0 Å². The lowest BCUT2D eigenvalue weighted by Gasteiger charge is -2.12. The van der Waals surface area contributed by atoms with Gasteiger partial charge in [-0.2, -0.15) is 0 Å². The van der Waals surface area contributed by atoms with Gasteiger partial charge in [-0.25, -0.2) is 0 Å². The molecule has 1 aromatic rings. The van der Waals surface area contributed by atoms with Crippen LogP contribution in [-0.4, -0.2) is 5.78 Å². The molecular weight excluding hydrogens is 243 g/mol. The summed E-state index contributed by atoms with van der Waals surface area (Å²) in [5.41, 5.74) is 0.470. The van der Waals surface area contributed by atoms with E-state index in [2.05, 4.69) is 13.8 Å². The van der Waals surface area contributed by atoms with Gasteiger partial charge in [-0.15, -0.1) is 0 Å². The molecule has 0 aliphatic heterocycles. The van der Waals surface area contributed by atoms with Gasteiger partial charge in [0, 0.05) is 6.42 Å². The highest BCUT2D eigenvalue weighted by Crippen LogP contribution is 2.27. The normalized spacial score (nSPS) is 10.8. The Balaban J connectivity index is 2.88. The summed E-state index contributed by atoms with van der Waals surface area (Å²) in [5, 5.41) is 0.895. The molecule has 0 saturated carbocycles. The first-order chi connectivity index (χ1) is 7.60. The van der Waals surface area contributed by atoms with Gasteiger partial charge in [0.2, 0.25) is 0 Å². The zero-order chi connectivity index (χ0) is 12.1. The molecule has 1 nitrogen and oxygen atoms in total. The molecule has 0 aromatic heterocycles. The number of ketones is 1. The molecule has 0 aliphatic carbocycles. The van der Waals surface area contributed by atoms with Gasteiger partial charge in [-0.3, -0.25) is 4.79 Å². The number of hydrogen-bond acceptors (Lipinski definition) is 1. The number of halogens is 2. The minimum atomic E-state index is 0.0456. The third-order valence-corrected chi connectivity index (χ3v) is 3.50. The molecule has 1 rings (SSSR count). The molecule has 0 amide bonds. The van der Waals surface area contributed by atoms with Crippen molar-refractivity contribution in [1.29, 1.82) is 0 Å². The minimum Gasteiger partial charge on any atom is -0.294 e. The van der Waals surface area contributed by atoms with E-state index in [9.17, 15) is 4.79 Å². The molecule has 88 valence electrons. The molecule has 0 saturated heterocycles. The van der Waals surface area contributed by atoms with Crippen LogP contribution >= 0.6 is 23.2 Å². The molecule has 0 unspecified atom stereocenters. The van der Waals surface area contributed by atoms with Gasteiger partial charge < -0.3 is 0 Å². The van der Waals surface area contributed by atoms with Crippen molar-refractivity contribution in [3.63, 3.8) is 0 Å². The molecule has 0 atom stereocenters. The standard InChI is InChI=1S/C13H16Cl2O/c1-3-9(4-2)8-12(16)13-10(14)6-5-7-11(13)15/h5-7,9H,3-4,8H2,1-2H3. The largest absolute Gasteiger partial charge is 0.294 e. The van der Waals surface area contributed by atoms with E-state index >= 15 is 0 Å². The molecule has 3 heteroatoms. The maximum absolute atomic E-state index is 12.0. The maximum atomic E-state index is 12.0. The fourth-order valence-corrected chi connectivity index (χ4v) is 2.31.